The highest BCUT2D eigenvalue weighted by Gasteiger charge is 2.40. The molecule has 3 saturated heterocycles. The van der Waals surface area contributed by atoms with E-state index in [9.17, 15) is 22.0 Å². The predicted molar refractivity (Wildman–Crippen MR) is 144 cm³/mol. The highest BCUT2D eigenvalue weighted by molar-refractivity contribution is 7.99. The second-order valence-electron chi connectivity index (χ2n) is 10.5. The zero-order chi connectivity index (χ0) is 28.4. The first-order valence-corrected chi connectivity index (χ1v) is 14.7. The molecule has 3 unspecified atom stereocenters. The third-order valence-corrected chi connectivity index (χ3v) is 8.91. The van der Waals surface area contributed by atoms with Crippen molar-refractivity contribution in [3.05, 3.63) is 40.3 Å². The summed E-state index contributed by atoms with van der Waals surface area (Å²) in [6, 6.07) is 2.43. The molecule has 0 amide bonds. The van der Waals surface area contributed by atoms with Gasteiger partial charge in [0.25, 0.3) is 0 Å². The number of nitrogen functional groups attached to an aromatic ring is 1. The van der Waals surface area contributed by atoms with Crippen LogP contribution in [0.3, 0.4) is 0 Å². The standard InChI is InChI=1S/C20H22F4N4O2S.C7H12FN/c1-29-19-26-14-9-15(16-12(20(22,23)24)3-4-13(25)17(16)21)30-10-11(14)18(27-19)28-5-2-7-31-8-6-28;8-6-4-7-2-1-3-9(7)5-6/h3-4,15H,2,5-10,25H2,1H3;6-7H,1-5H2. The van der Waals surface area contributed by atoms with E-state index in [1.165, 1.54) is 20.0 Å². The smallest absolute Gasteiger partial charge is 0.416 e. The number of halogens is 5. The van der Waals surface area contributed by atoms with Gasteiger partial charge in [-0.2, -0.15) is 34.9 Å². The molecule has 0 bridgehead atoms. The minimum Gasteiger partial charge on any atom is -0.467 e. The molecule has 0 aliphatic carbocycles. The Labute approximate surface area is 234 Å². The largest absolute Gasteiger partial charge is 0.467 e. The van der Waals surface area contributed by atoms with Crippen LogP contribution in [0.25, 0.3) is 0 Å². The predicted octanol–water partition coefficient (Wildman–Crippen LogP) is 5.18. The average Bonchev–Trinajstić information content (AvgIpc) is 3.38. The molecule has 1 aromatic heterocycles. The Morgan fingerprint density at radius 3 is 2.70 bits per heavy atom. The molecule has 0 spiro atoms. The molecule has 6 rings (SSSR count). The number of anilines is 2. The summed E-state index contributed by atoms with van der Waals surface area (Å²) in [7, 11) is 1.43. The second kappa shape index (κ2) is 12.2. The van der Waals surface area contributed by atoms with Crippen molar-refractivity contribution >= 4 is 23.3 Å². The Morgan fingerprint density at radius 2 is 1.95 bits per heavy atom. The number of fused-ring (bicyclic) bond motifs is 2. The first-order chi connectivity index (χ1) is 19.2. The summed E-state index contributed by atoms with van der Waals surface area (Å²) in [5.74, 6) is 1.53. The van der Waals surface area contributed by atoms with E-state index in [0.29, 0.717) is 29.7 Å². The van der Waals surface area contributed by atoms with Gasteiger partial charge in [-0.15, -0.1) is 0 Å². The van der Waals surface area contributed by atoms with Crippen molar-refractivity contribution in [2.75, 3.05) is 55.4 Å². The van der Waals surface area contributed by atoms with Gasteiger partial charge < -0.3 is 20.1 Å². The molecule has 2 aromatic rings. The molecule has 4 aliphatic rings. The lowest BCUT2D eigenvalue weighted by Gasteiger charge is -2.31. The minimum atomic E-state index is -4.74. The monoisotopic (exact) mass is 587 g/mol. The van der Waals surface area contributed by atoms with Crippen LogP contribution in [0.1, 0.15) is 54.2 Å². The van der Waals surface area contributed by atoms with E-state index in [0.717, 1.165) is 56.1 Å². The number of nitrogens with two attached hydrogens (primary N) is 1. The molecule has 3 atom stereocenters. The van der Waals surface area contributed by atoms with Gasteiger partial charge in [0.05, 0.1) is 36.8 Å². The fourth-order valence-corrected chi connectivity index (χ4v) is 6.81. The van der Waals surface area contributed by atoms with E-state index in [1.54, 1.807) is 0 Å². The van der Waals surface area contributed by atoms with E-state index in [1.807, 2.05) is 11.8 Å². The van der Waals surface area contributed by atoms with Crippen molar-refractivity contribution in [1.29, 1.82) is 0 Å². The average molecular weight is 588 g/mol. The maximum absolute atomic E-state index is 14.7. The number of ether oxygens (including phenoxy) is 2. The molecule has 5 heterocycles. The van der Waals surface area contributed by atoms with Gasteiger partial charge in [-0.1, -0.05) is 0 Å². The molecule has 4 aliphatic heterocycles. The Bertz CT molecular complexity index is 1180. The number of benzene rings is 1. The molecular formula is C27H34F5N5O2S. The van der Waals surface area contributed by atoms with Crippen LogP contribution in [-0.4, -0.2) is 71.9 Å². The van der Waals surface area contributed by atoms with E-state index < -0.39 is 35.4 Å². The molecule has 3 fully saturated rings. The lowest BCUT2D eigenvalue weighted by Crippen LogP contribution is -2.30. The van der Waals surface area contributed by atoms with E-state index >= 15 is 0 Å². The van der Waals surface area contributed by atoms with Crippen molar-refractivity contribution in [1.82, 2.24) is 14.9 Å². The summed E-state index contributed by atoms with van der Waals surface area (Å²) in [5.41, 5.74) is 4.70. The molecule has 13 heteroatoms. The van der Waals surface area contributed by atoms with E-state index in [4.69, 9.17) is 15.2 Å². The maximum Gasteiger partial charge on any atom is 0.416 e. The zero-order valence-electron chi connectivity index (χ0n) is 22.4. The summed E-state index contributed by atoms with van der Waals surface area (Å²) in [5, 5.41) is 0. The number of rotatable bonds is 3. The third-order valence-electron chi connectivity index (χ3n) is 7.86. The van der Waals surface area contributed by atoms with Gasteiger partial charge in [0.15, 0.2) is 5.82 Å². The number of thioether (sulfide) groups is 1. The maximum atomic E-state index is 14.7. The van der Waals surface area contributed by atoms with Gasteiger partial charge in [-0.25, -0.2) is 8.78 Å². The Balaban J connectivity index is 0.000000301. The van der Waals surface area contributed by atoms with Crippen LogP contribution < -0.4 is 15.4 Å². The number of nitrogens with zero attached hydrogens (tertiary/aromatic N) is 4. The SMILES string of the molecule is COc1nc2c(c(N3CCCSCC3)n1)COC(c1c(C(F)(F)F)ccc(N)c1F)C2.FC1CC2CCCN2C1. The highest BCUT2D eigenvalue weighted by Crippen LogP contribution is 2.43. The third kappa shape index (κ3) is 6.25. The molecule has 220 valence electrons. The lowest BCUT2D eigenvalue weighted by atomic mass is 9.94. The fourth-order valence-electron chi connectivity index (χ4n) is 5.92. The Morgan fingerprint density at radius 1 is 1.12 bits per heavy atom. The second-order valence-corrected chi connectivity index (χ2v) is 11.7. The van der Waals surface area contributed by atoms with Crippen LogP contribution >= 0.6 is 11.8 Å². The van der Waals surface area contributed by atoms with Crippen LogP contribution in [0, 0.1) is 5.82 Å². The van der Waals surface area contributed by atoms with Crippen molar-refractivity contribution in [3.63, 3.8) is 0 Å². The normalized spacial score (nSPS) is 25.1. The van der Waals surface area contributed by atoms with Crippen LogP contribution in [-0.2, 0) is 23.9 Å². The minimum absolute atomic E-state index is 0.0332. The topological polar surface area (TPSA) is 76.7 Å². The van der Waals surface area contributed by atoms with Crippen LogP contribution in [0.5, 0.6) is 6.01 Å². The molecule has 0 saturated carbocycles. The number of hydrogen-bond donors (Lipinski definition) is 1. The van der Waals surface area contributed by atoms with Crippen LogP contribution in [0.15, 0.2) is 12.1 Å². The summed E-state index contributed by atoms with van der Waals surface area (Å²) < 4.78 is 79.0. The van der Waals surface area contributed by atoms with Crippen molar-refractivity contribution in [2.45, 2.75) is 63.2 Å². The number of hydrogen-bond acceptors (Lipinski definition) is 8. The molecule has 0 radical (unpaired) electrons. The zero-order valence-corrected chi connectivity index (χ0v) is 23.2. The van der Waals surface area contributed by atoms with Gasteiger partial charge in [-0.3, -0.25) is 4.90 Å². The fraction of sp³-hybridized carbons (Fsp3) is 0.630. The van der Waals surface area contributed by atoms with E-state index in [-0.39, 0.29) is 24.7 Å². The van der Waals surface area contributed by atoms with Gasteiger partial charge >= 0.3 is 12.2 Å². The summed E-state index contributed by atoms with van der Waals surface area (Å²) in [6.07, 6.45) is -2.18. The van der Waals surface area contributed by atoms with Gasteiger partial charge in [0, 0.05) is 49.0 Å². The Hall–Kier alpha value is -2.38. The van der Waals surface area contributed by atoms with Crippen molar-refractivity contribution in [2.24, 2.45) is 0 Å². The number of alkyl halides is 4. The van der Waals surface area contributed by atoms with Gasteiger partial charge in [-0.05, 0) is 50.1 Å². The molecule has 40 heavy (non-hydrogen) atoms. The first-order valence-electron chi connectivity index (χ1n) is 13.6. The summed E-state index contributed by atoms with van der Waals surface area (Å²) in [4.78, 5) is 13.2. The van der Waals surface area contributed by atoms with Crippen LogP contribution in [0.4, 0.5) is 33.5 Å². The summed E-state index contributed by atoms with van der Waals surface area (Å²) >= 11 is 1.86. The molecule has 7 nitrogen and oxygen atoms in total. The molecular weight excluding hydrogens is 553 g/mol. The lowest BCUT2D eigenvalue weighted by molar-refractivity contribution is -0.140. The van der Waals surface area contributed by atoms with Gasteiger partial charge in [0.1, 0.15) is 12.0 Å². The van der Waals surface area contributed by atoms with Crippen molar-refractivity contribution < 1.29 is 31.4 Å². The van der Waals surface area contributed by atoms with E-state index in [2.05, 4.69) is 19.8 Å². The number of methoxy groups -OCH3 is 1. The van der Waals surface area contributed by atoms with Crippen molar-refractivity contribution in [3.8, 4) is 6.01 Å². The highest BCUT2D eigenvalue weighted by atomic mass is 32.2. The first kappa shape index (κ1) is 29.1. The summed E-state index contributed by atoms with van der Waals surface area (Å²) in [6.45, 7) is 3.40. The Kier molecular flexibility index (Phi) is 8.91. The quantitative estimate of drug-likeness (QED) is 0.389. The van der Waals surface area contributed by atoms with Gasteiger partial charge in [0.2, 0.25) is 0 Å². The molecule has 1 aromatic carbocycles. The van der Waals surface area contributed by atoms with Crippen LogP contribution in [0.2, 0.25) is 0 Å². The molecule has 2 N–H and O–H groups in total. The number of aromatic nitrogens is 2.